The molecule has 5 heteroatoms. The van der Waals surface area contributed by atoms with Crippen molar-refractivity contribution in [3.8, 4) is 5.75 Å². The molecule has 2 rings (SSSR count). The number of nitrogens with zero attached hydrogens (tertiary/aromatic N) is 1. The van der Waals surface area contributed by atoms with Gasteiger partial charge in [-0.1, -0.05) is 30.3 Å². The Bertz CT molecular complexity index is 708. The van der Waals surface area contributed by atoms with E-state index in [0.717, 1.165) is 11.3 Å². The molecule has 0 saturated carbocycles. The molecule has 0 spiro atoms. The third-order valence-corrected chi connectivity index (χ3v) is 3.70. The summed E-state index contributed by atoms with van der Waals surface area (Å²) in [5.74, 6) is 0.389. The van der Waals surface area contributed by atoms with E-state index in [9.17, 15) is 9.59 Å². The maximum Gasteiger partial charge on any atom is 0.223 e. The number of carbonyl (C=O) groups is 1. The topological polar surface area (TPSA) is 60.3 Å². The molecular weight excluding hydrogens is 292 g/mol. The largest absolute Gasteiger partial charge is 0.483 e. The van der Waals surface area contributed by atoms with Gasteiger partial charge in [0.05, 0.1) is 5.69 Å². The zero-order chi connectivity index (χ0) is 16.7. The molecule has 0 radical (unpaired) electrons. The highest BCUT2D eigenvalue weighted by Crippen LogP contribution is 2.14. The molecule has 1 N–H and O–H groups in total. The smallest absolute Gasteiger partial charge is 0.223 e. The highest BCUT2D eigenvalue weighted by Gasteiger charge is 2.09. The van der Waals surface area contributed by atoms with Gasteiger partial charge in [-0.05, 0) is 18.9 Å². The van der Waals surface area contributed by atoms with Gasteiger partial charge in [0.15, 0.2) is 5.75 Å². The Morgan fingerprint density at radius 2 is 1.96 bits per heavy atom. The second kappa shape index (κ2) is 8.17. The van der Waals surface area contributed by atoms with E-state index in [4.69, 9.17) is 4.74 Å². The van der Waals surface area contributed by atoms with Gasteiger partial charge in [-0.3, -0.25) is 9.59 Å². The molecular formula is C18H22N2O3. The predicted molar refractivity (Wildman–Crippen MR) is 89.5 cm³/mol. The number of nitrogens with one attached hydrogen (secondary N) is 1. The van der Waals surface area contributed by atoms with E-state index in [0.29, 0.717) is 31.7 Å². The average Bonchev–Trinajstić information content (AvgIpc) is 2.57. The highest BCUT2D eigenvalue weighted by atomic mass is 16.5. The normalized spacial score (nSPS) is 10.3. The fraction of sp³-hybridized carbons (Fsp3) is 0.333. The van der Waals surface area contributed by atoms with Crippen molar-refractivity contribution in [1.29, 1.82) is 0 Å². The second-order valence-corrected chi connectivity index (χ2v) is 5.34. The van der Waals surface area contributed by atoms with Crippen molar-refractivity contribution in [2.75, 3.05) is 7.05 Å². The molecule has 0 unspecified atom stereocenters. The molecule has 0 aliphatic rings. The minimum atomic E-state index is -0.124. The van der Waals surface area contributed by atoms with Crippen LogP contribution in [0.4, 0.5) is 0 Å². The van der Waals surface area contributed by atoms with Crippen molar-refractivity contribution in [2.24, 2.45) is 0 Å². The SMILES string of the molecule is CNC(=O)CCCn1ccc(=O)c(OCc2ccccc2)c1C. The molecule has 0 fully saturated rings. The minimum Gasteiger partial charge on any atom is -0.483 e. The molecule has 0 atom stereocenters. The summed E-state index contributed by atoms with van der Waals surface area (Å²) in [5.41, 5.74) is 1.67. The van der Waals surface area contributed by atoms with Crippen LogP contribution >= 0.6 is 0 Å². The molecule has 0 aliphatic carbocycles. The number of rotatable bonds is 7. The van der Waals surface area contributed by atoms with Crippen LogP contribution in [0.15, 0.2) is 47.4 Å². The predicted octanol–water partition coefficient (Wildman–Crippen LogP) is 2.26. The van der Waals surface area contributed by atoms with Crippen molar-refractivity contribution >= 4 is 5.91 Å². The van der Waals surface area contributed by atoms with Crippen LogP contribution in [0.2, 0.25) is 0 Å². The van der Waals surface area contributed by atoms with Crippen molar-refractivity contribution < 1.29 is 9.53 Å². The number of pyridine rings is 1. The van der Waals surface area contributed by atoms with Crippen LogP contribution in [0.25, 0.3) is 0 Å². The summed E-state index contributed by atoms with van der Waals surface area (Å²) in [6, 6.07) is 11.2. The Kier molecular flexibility index (Phi) is 5.97. The fourth-order valence-electron chi connectivity index (χ4n) is 2.34. The molecule has 1 aromatic heterocycles. The summed E-state index contributed by atoms with van der Waals surface area (Å²) in [6.45, 7) is 2.89. The molecule has 2 aromatic rings. The number of hydrogen-bond donors (Lipinski definition) is 1. The van der Waals surface area contributed by atoms with Gasteiger partial charge in [0.25, 0.3) is 0 Å². The number of aryl methyl sites for hydroxylation is 1. The standard InChI is InChI=1S/C18H22N2O3/c1-14-18(23-13-15-7-4-3-5-8-15)16(21)10-12-20(14)11-6-9-17(22)19-2/h3-5,7-8,10,12H,6,9,11,13H2,1-2H3,(H,19,22). The van der Waals surface area contributed by atoms with E-state index < -0.39 is 0 Å². The van der Waals surface area contributed by atoms with E-state index in [-0.39, 0.29) is 11.3 Å². The lowest BCUT2D eigenvalue weighted by atomic mass is 10.2. The lowest BCUT2D eigenvalue weighted by Crippen LogP contribution is -2.19. The monoisotopic (exact) mass is 314 g/mol. The van der Waals surface area contributed by atoms with Crippen LogP contribution in [0.3, 0.4) is 0 Å². The van der Waals surface area contributed by atoms with Gasteiger partial charge < -0.3 is 14.6 Å². The van der Waals surface area contributed by atoms with E-state index in [1.54, 1.807) is 13.2 Å². The first-order valence-corrected chi connectivity index (χ1v) is 7.69. The van der Waals surface area contributed by atoms with Gasteiger partial charge in [0.1, 0.15) is 6.61 Å². The first-order chi connectivity index (χ1) is 11.1. The van der Waals surface area contributed by atoms with Gasteiger partial charge in [0.2, 0.25) is 11.3 Å². The van der Waals surface area contributed by atoms with Crippen LogP contribution in [0, 0.1) is 6.92 Å². The maximum atomic E-state index is 12.0. The third-order valence-electron chi connectivity index (χ3n) is 3.70. The molecule has 0 aliphatic heterocycles. The van der Waals surface area contributed by atoms with Crippen molar-refractivity contribution in [1.82, 2.24) is 9.88 Å². The molecule has 1 aromatic carbocycles. The second-order valence-electron chi connectivity index (χ2n) is 5.34. The molecule has 0 bridgehead atoms. The summed E-state index contributed by atoms with van der Waals surface area (Å²) < 4.78 is 7.68. The third kappa shape index (κ3) is 4.71. The molecule has 122 valence electrons. The maximum absolute atomic E-state index is 12.0. The zero-order valence-electron chi connectivity index (χ0n) is 13.5. The lowest BCUT2D eigenvalue weighted by Gasteiger charge is -2.14. The number of amides is 1. The van der Waals surface area contributed by atoms with Gasteiger partial charge >= 0.3 is 0 Å². The van der Waals surface area contributed by atoms with Crippen LogP contribution in [0.5, 0.6) is 5.75 Å². The summed E-state index contributed by atoms with van der Waals surface area (Å²) in [6.07, 6.45) is 2.92. The first-order valence-electron chi connectivity index (χ1n) is 7.69. The van der Waals surface area contributed by atoms with Crippen molar-refractivity contribution in [3.63, 3.8) is 0 Å². The molecule has 23 heavy (non-hydrogen) atoms. The summed E-state index contributed by atoms with van der Waals surface area (Å²) in [5, 5.41) is 2.60. The summed E-state index contributed by atoms with van der Waals surface area (Å²) in [4.78, 5) is 23.3. The Morgan fingerprint density at radius 3 is 2.65 bits per heavy atom. The summed E-state index contributed by atoms with van der Waals surface area (Å²) >= 11 is 0. The quantitative estimate of drug-likeness (QED) is 0.853. The zero-order valence-corrected chi connectivity index (χ0v) is 13.5. The molecule has 1 amide bonds. The highest BCUT2D eigenvalue weighted by molar-refractivity contribution is 5.75. The fourth-order valence-corrected chi connectivity index (χ4v) is 2.34. The van der Waals surface area contributed by atoms with E-state index in [1.165, 1.54) is 6.07 Å². The van der Waals surface area contributed by atoms with Gasteiger partial charge in [-0.25, -0.2) is 0 Å². The molecule has 0 saturated heterocycles. The van der Waals surface area contributed by atoms with Crippen LogP contribution in [-0.2, 0) is 17.9 Å². The van der Waals surface area contributed by atoms with Gasteiger partial charge in [-0.15, -0.1) is 0 Å². The first kappa shape index (κ1) is 16.8. The number of hydrogen-bond acceptors (Lipinski definition) is 3. The molecule has 5 nitrogen and oxygen atoms in total. The van der Waals surface area contributed by atoms with Crippen LogP contribution < -0.4 is 15.5 Å². The number of benzene rings is 1. The Hall–Kier alpha value is -2.56. The number of aromatic nitrogens is 1. The molecule has 1 heterocycles. The number of carbonyl (C=O) groups excluding carboxylic acids is 1. The van der Waals surface area contributed by atoms with Gasteiger partial charge in [-0.2, -0.15) is 0 Å². The van der Waals surface area contributed by atoms with E-state index >= 15 is 0 Å². The Labute approximate surface area is 135 Å². The van der Waals surface area contributed by atoms with Crippen molar-refractivity contribution in [2.45, 2.75) is 32.9 Å². The Morgan fingerprint density at radius 1 is 1.22 bits per heavy atom. The minimum absolute atomic E-state index is 0.0178. The number of ether oxygens (including phenoxy) is 1. The van der Waals surface area contributed by atoms with E-state index in [2.05, 4.69) is 5.32 Å². The Balaban J connectivity index is 2.05. The van der Waals surface area contributed by atoms with E-state index in [1.807, 2.05) is 41.8 Å². The van der Waals surface area contributed by atoms with Crippen LogP contribution in [-0.4, -0.2) is 17.5 Å². The van der Waals surface area contributed by atoms with Crippen LogP contribution in [0.1, 0.15) is 24.1 Å². The average molecular weight is 314 g/mol. The van der Waals surface area contributed by atoms with Gasteiger partial charge in [0, 0.05) is 32.3 Å². The van der Waals surface area contributed by atoms with Crippen molar-refractivity contribution in [3.05, 3.63) is 64.1 Å². The summed E-state index contributed by atoms with van der Waals surface area (Å²) in [7, 11) is 1.63. The lowest BCUT2D eigenvalue weighted by molar-refractivity contribution is -0.120.